The highest BCUT2D eigenvalue weighted by Crippen LogP contribution is 2.32. The Morgan fingerprint density at radius 2 is 1.93 bits per heavy atom. The van der Waals surface area contributed by atoms with Gasteiger partial charge in [-0.3, -0.25) is 9.69 Å². The lowest BCUT2D eigenvalue weighted by molar-refractivity contribution is -0.123. The van der Waals surface area contributed by atoms with Crippen molar-refractivity contribution in [2.45, 2.75) is 45.7 Å². The van der Waals surface area contributed by atoms with Gasteiger partial charge in [0.05, 0.1) is 13.2 Å². The van der Waals surface area contributed by atoms with Crippen LogP contribution in [0.15, 0.2) is 24.3 Å². The highest BCUT2D eigenvalue weighted by molar-refractivity contribution is 6.31. The van der Waals surface area contributed by atoms with Crippen LogP contribution in [0.25, 0.3) is 0 Å². The van der Waals surface area contributed by atoms with Crippen molar-refractivity contribution in [3.63, 3.8) is 0 Å². The maximum Gasteiger partial charge on any atom is 0.409 e. The number of piperidine rings is 1. The molecule has 1 unspecified atom stereocenters. The minimum absolute atomic E-state index is 0.00483. The summed E-state index contributed by atoms with van der Waals surface area (Å²) in [5.41, 5.74) is 1.04. The van der Waals surface area contributed by atoms with Crippen molar-refractivity contribution in [1.82, 2.24) is 15.1 Å². The van der Waals surface area contributed by atoms with Crippen LogP contribution in [0.3, 0.4) is 0 Å². The Hall–Kier alpha value is -1.79. The van der Waals surface area contributed by atoms with E-state index in [1.807, 2.05) is 31.3 Å². The molecule has 7 heteroatoms. The van der Waals surface area contributed by atoms with Gasteiger partial charge in [-0.15, -0.1) is 0 Å². The zero-order chi connectivity index (χ0) is 20.7. The summed E-state index contributed by atoms with van der Waals surface area (Å²) in [6.07, 6.45) is 1.21. The fourth-order valence-corrected chi connectivity index (χ4v) is 4.09. The number of amides is 2. The summed E-state index contributed by atoms with van der Waals surface area (Å²) in [7, 11) is 1.96. The summed E-state index contributed by atoms with van der Waals surface area (Å²) in [5.74, 6) is 0.306. The maximum atomic E-state index is 12.6. The van der Waals surface area contributed by atoms with Gasteiger partial charge in [-0.2, -0.15) is 0 Å². The first-order valence-electron chi connectivity index (χ1n) is 9.99. The molecular weight excluding hydrogens is 378 g/mol. The summed E-state index contributed by atoms with van der Waals surface area (Å²) in [4.78, 5) is 28.1. The molecule has 1 aromatic rings. The van der Waals surface area contributed by atoms with Gasteiger partial charge in [0.1, 0.15) is 0 Å². The molecule has 0 bridgehead atoms. The molecule has 0 spiro atoms. The second-order valence-corrected chi connectivity index (χ2v) is 8.06. The molecule has 2 rings (SSSR count). The van der Waals surface area contributed by atoms with E-state index in [9.17, 15) is 9.59 Å². The highest BCUT2D eigenvalue weighted by atomic mass is 35.5. The van der Waals surface area contributed by atoms with E-state index < -0.39 is 0 Å². The lowest BCUT2D eigenvalue weighted by atomic mass is 9.94. The second-order valence-electron chi connectivity index (χ2n) is 7.65. The largest absolute Gasteiger partial charge is 0.450 e. The van der Waals surface area contributed by atoms with Crippen LogP contribution in [-0.4, -0.2) is 61.1 Å². The molecule has 28 heavy (non-hydrogen) atoms. The van der Waals surface area contributed by atoms with Crippen LogP contribution in [0.2, 0.25) is 5.02 Å². The third-order valence-electron chi connectivity index (χ3n) is 5.11. The van der Waals surface area contributed by atoms with Crippen LogP contribution in [0.4, 0.5) is 4.79 Å². The third kappa shape index (κ3) is 6.11. The summed E-state index contributed by atoms with van der Waals surface area (Å²) in [6.45, 7) is 7.95. The molecule has 1 aromatic carbocycles. The lowest BCUT2D eigenvalue weighted by Crippen LogP contribution is -2.49. The molecule has 1 atom stereocenters. The van der Waals surface area contributed by atoms with Crippen LogP contribution in [0.1, 0.15) is 45.2 Å². The van der Waals surface area contributed by atoms with E-state index in [2.05, 4.69) is 24.1 Å². The van der Waals surface area contributed by atoms with Crippen LogP contribution < -0.4 is 5.32 Å². The fraction of sp³-hybridized carbons (Fsp3) is 0.619. The molecule has 1 fully saturated rings. The van der Waals surface area contributed by atoms with Crippen molar-refractivity contribution in [2.75, 3.05) is 33.3 Å². The van der Waals surface area contributed by atoms with Crippen LogP contribution >= 0.6 is 11.6 Å². The average molecular weight is 410 g/mol. The Morgan fingerprint density at radius 3 is 2.50 bits per heavy atom. The van der Waals surface area contributed by atoms with Crippen molar-refractivity contribution >= 4 is 23.6 Å². The Morgan fingerprint density at radius 1 is 1.29 bits per heavy atom. The molecular formula is C21H32ClN3O3. The Labute approximate surface area is 173 Å². The summed E-state index contributed by atoms with van der Waals surface area (Å²) in [6, 6.07) is 7.94. The van der Waals surface area contributed by atoms with Crippen molar-refractivity contribution in [1.29, 1.82) is 0 Å². The number of hydrogen-bond donors (Lipinski definition) is 1. The molecule has 6 nitrogen and oxygen atoms in total. The van der Waals surface area contributed by atoms with Gasteiger partial charge in [-0.1, -0.05) is 43.6 Å². The number of nitrogens with zero attached hydrogens (tertiary/aromatic N) is 2. The fourth-order valence-electron chi connectivity index (χ4n) is 3.84. The normalized spacial score (nSPS) is 16.3. The van der Waals surface area contributed by atoms with Gasteiger partial charge >= 0.3 is 6.09 Å². The zero-order valence-electron chi connectivity index (χ0n) is 17.3. The van der Waals surface area contributed by atoms with Gasteiger partial charge in [0.2, 0.25) is 5.91 Å². The number of carbonyl (C=O) groups excluding carboxylic acids is 2. The lowest BCUT2D eigenvalue weighted by Gasteiger charge is -2.34. The number of nitrogens with one attached hydrogen (secondary N) is 1. The Bertz CT molecular complexity index is 660. The van der Waals surface area contributed by atoms with E-state index in [-0.39, 0.29) is 24.1 Å². The van der Waals surface area contributed by atoms with E-state index >= 15 is 0 Å². The third-order valence-corrected chi connectivity index (χ3v) is 5.45. The Balaban J connectivity index is 1.88. The molecule has 0 aliphatic carbocycles. The average Bonchev–Trinajstić information content (AvgIpc) is 2.64. The van der Waals surface area contributed by atoms with Crippen molar-refractivity contribution in [2.24, 2.45) is 5.92 Å². The number of benzene rings is 1. The summed E-state index contributed by atoms with van der Waals surface area (Å²) >= 11 is 6.39. The smallest absolute Gasteiger partial charge is 0.409 e. The van der Waals surface area contributed by atoms with Crippen molar-refractivity contribution < 1.29 is 14.3 Å². The van der Waals surface area contributed by atoms with Gasteiger partial charge < -0.3 is 15.0 Å². The topological polar surface area (TPSA) is 61.9 Å². The monoisotopic (exact) mass is 409 g/mol. The first-order valence-corrected chi connectivity index (χ1v) is 10.4. The van der Waals surface area contributed by atoms with Crippen LogP contribution in [0, 0.1) is 5.92 Å². The second kappa shape index (κ2) is 10.7. The van der Waals surface area contributed by atoms with Gasteiger partial charge in [0, 0.05) is 30.2 Å². The van der Waals surface area contributed by atoms with Crippen LogP contribution in [-0.2, 0) is 9.53 Å². The molecule has 2 amide bonds. The quantitative estimate of drug-likeness (QED) is 0.745. The van der Waals surface area contributed by atoms with E-state index in [4.69, 9.17) is 16.3 Å². The Kier molecular flexibility index (Phi) is 8.58. The number of likely N-dealkylation sites (N-methyl/N-ethyl adjacent to an activating group) is 1. The van der Waals surface area contributed by atoms with Crippen LogP contribution in [0.5, 0.6) is 0 Å². The van der Waals surface area contributed by atoms with Gasteiger partial charge in [-0.05, 0) is 44.4 Å². The molecule has 0 saturated carbocycles. The summed E-state index contributed by atoms with van der Waals surface area (Å²) < 4.78 is 5.03. The van der Waals surface area contributed by atoms with Gasteiger partial charge in [0.15, 0.2) is 0 Å². The minimum Gasteiger partial charge on any atom is -0.450 e. The molecule has 1 N–H and O–H groups in total. The SMILES string of the molecule is CCOC(=O)N1CCC(NC(=O)CN(C)C(c2ccccc2Cl)C(C)C)CC1. The predicted octanol–water partition coefficient (Wildman–Crippen LogP) is 3.71. The number of carbonyl (C=O) groups is 2. The molecule has 156 valence electrons. The predicted molar refractivity (Wildman–Crippen MR) is 111 cm³/mol. The number of halogens is 1. The molecule has 0 radical (unpaired) electrons. The van der Waals surface area contributed by atoms with E-state index in [0.29, 0.717) is 32.2 Å². The maximum absolute atomic E-state index is 12.6. The first kappa shape index (κ1) is 22.5. The molecule has 1 heterocycles. The standard InChI is InChI=1S/C21H32ClN3O3/c1-5-28-21(27)25-12-10-16(11-13-25)23-19(26)14-24(4)20(15(2)3)17-8-6-7-9-18(17)22/h6-9,15-16,20H,5,10-14H2,1-4H3,(H,23,26). The molecule has 1 aliphatic rings. The number of rotatable bonds is 7. The summed E-state index contributed by atoms with van der Waals surface area (Å²) in [5, 5.41) is 3.83. The number of ether oxygens (including phenoxy) is 1. The number of hydrogen-bond acceptors (Lipinski definition) is 4. The van der Waals surface area contributed by atoms with E-state index in [1.54, 1.807) is 11.8 Å². The van der Waals surface area contributed by atoms with E-state index in [0.717, 1.165) is 23.4 Å². The minimum atomic E-state index is -0.272. The molecule has 1 saturated heterocycles. The first-order chi connectivity index (χ1) is 13.3. The van der Waals surface area contributed by atoms with Crippen molar-refractivity contribution in [3.8, 4) is 0 Å². The van der Waals surface area contributed by atoms with Gasteiger partial charge in [0.25, 0.3) is 0 Å². The van der Waals surface area contributed by atoms with Gasteiger partial charge in [-0.25, -0.2) is 4.79 Å². The number of likely N-dealkylation sites (tertiary alicyclic amines) is 1. The highest BCUT2D eigenvalue weighted by Gasteiger charge is 2.27. The van der Waals surface area contributed by atoms with Crippen molar-refractivity contribution in [3.05, 3.63) is 34.9 Å². The van der Waals surface area contributed by atoms with E-state index in [1.165, 1.54) is 0 Å². The molecule has 0 aromatic heterocycles. The zero-order valence-corrected chi connectivity index (χ0v) is 18.0. The molecule has 1 aliphatic heterocycles.